The van der Waals surface area contributed by atoms with Crippen molar-refractivity contribution in [3.05, 3.63) is 38.4 Å². The standard InChI is InChI=1S/C14H14F3N5O4S/c1-7(2)26-11-9(22(23)24)4-8(5-10(11)25-3)6-18-21-12(14(15,16)17)19-20-13(21)27/h4-7H,1-3H3,(H,20,27)/b18-6-. The number of nitrogens with zero attached hydrogens (tertiary/aromatic N) is 4. The molecule has 2 rings (SSSR count). The highest BCUT2D eigenvalue weighted by Crippen LogP contribution is 2.38. The van der Waals surface area contributed by atoms with Gasteiger partial charge in [-0.2, -0.15) is 22.9 Å². The van der Waals surface area contributed by atoms with E-state index >= 15 is 0 Å². The van der Waals surface area contributed by atoms with E-state index in [1.165, 1.54) is 13.2 Å². The van der Waals surface area contributed by atoms with Crippen molar-refractivity contribution in [1.82, 2.24) is 14.9 Å². The predicted molar refractivity (Wildman–Crippen MR) is 90.8 cm³/mol. The maximum Gasteiger partial charge on any atom is 0.453 e. The molecule has 0 aliphatic rings. The van der Waals surface area contributed by atoms with Crippen LogP contribution in [0.15, 0.2) is 17.2 Å². The fraction of sp³-hybridized carbons (Fsp3) is 0.357. The lowest BCUT2D eigenvalue weighted by atomic mass is 10.2. The monoisotopic (exact) mass is 405 g/mol. The number of hydrogen-bond donors (Lipinski definition) is 1. The van der Waals surface area contributed by atoms with Gasteiger partial charge in [0.1, 0.15) is 0 Å². The third kappa shape index (κ3) is 4.61. The number of rotatable bonds is 6. The summed E-state index contributed by atoms with van der Waals surface area (Å²) in [7, 11) is 1.28. The third-order valence-electron chi connectivity index (χ3n) is 3.05. The number of aromatic nitrogens is 3. The van der Waals surface area contributed by atoms with Gasteiger partial charge in [0.2, 0.25) is 10.5 Å². The van der Waals surface area contributed by atoms with Gasteiger partial charge in [-0.3, -0.25) is 10.1 Å². The maximum atomic E-state index is 12.9. The van der Waals surface area contributed by atoms with E-state index in [0.717, 1.165) is 12.3 Å². The molecule has 0 unspecified atom stereocenters. The van der Waals surface area contributed by atoms with Crippen molar-refractivity contribution in [2.45, 2.75) is 26.1 Å². The number of nitro benzene ring substituents is 1. The minimum atomic E-state index is -4.79. The number of methoxy groups -OCH3 is 1. The van der Waals surface area contributed by atoms with Gasteiger partial charge >= 0.3 is 11.9 Å². The Morgan fingerprint density at radius 3 is 2.63 bits per heavy atom. The largest absolute Gasteiger partial charge is 0.493 e. The van der Waals surface area contributed by atoms with E-state index in [0.29, 0.717) is 4.68 Å². The Labute approximate surface area is 155 Å². The first-order valence-corrected chi connectivity index (χ1v) is 7.77. The van der Waals surface area contributed by atoms with Gasteiger partial charge < -0.3 is 9.47 Å². The van der Waals surface area contributed by atoms with Crippen LogP contribution in [-0.4, -0.2) is 39.2 Å². The van der Waals surface area contributed by atoms with E-state index in [-0.39, 0.29) is 27.9 Å². The van der Waals surface area contributed by atoms with Crippen LogP contribution in [0.4, 0.5) is 18.9 Å². The third-order valence-corrected chi connectivity index (χ3v) is 3.32. The number of aromatic amines is 1. The summed E-state index contributed by atoms with van der Waals surface area (Å²) in [4.78, 5) is 10.6. The predicted octanol–water partition coefficient (Wildman–Crippen LogP) is 3.55. The van der Waals surface area contributed by atoms with E-state index in [9.17, 15) is 23.3 Å². The molecule has 13 heteroatoms. The van der Waals surface area contributed by atoms with E-state index in [4.69, 9.17) is 21.7 Å². The van der Waals surface area contributed by atoms with E-state index in [1.54, 1.807) is 13.8 Å². The average Bonchev–Trinajstić information content (AvgIpc) is 2.93. The Morgan fingerprint density at radius 2 is 2.11 bits per heavy atom. The van der Waals surface area contributed by atoms with Crippen LogP contribution in [0.1, 0.15) is 25.2 Å². The lowest BCUT2D eigenvalue weighted by Gasteiger charge is -2.14. The highest BCUT2D eigenvalue weighted by atomic mass is 32.1. The second-order valence-corrected chi connectivity index (χ2v) is 5.79. The molecule has 146 valence electrons. The number of hydrogen-bond acceptors (Lipinski definition) is 7. The fourth-order valence-corrected chi connectivity index (χ4v) is 2.21. The summed E-state index contributed by atoms with van der Waals surface area (Å²) in [6, 6.07) is 2.44. The molecular weight excluding hydrogens is 391 g/mol. The molecule has 0 aliphatic heterocycles. The second-order valence-electron chi connectivity index (χ2n) is 5.40. The lowest BCUT2D eigenvalue weighted by Crippen LogP contribution is -2.13. The van der Waals surface area contributed by atoms with Crippen LogP contribution in [0.5, 0.6) is 11.5 Å². The van der Waals surface area contributed by atoms with Crippen molar-refractivity contribution in [1.29, 1.82) is 0 Å². The van der Waals surface area contributed by atoms with Gasteiger partial charge in [0.15, 0.2) is 5.75 Å². The van der Waals surface area contributed by atoms with Gasteiger partial charge in [-0.05, 0) is 32.1 Å². The number of halogens is 3. The van der Waals surface area contributed by atoms with Crippen molar-refractivity contribution in [3.63, 3.8) is 0 Å². The van der Waals surface area contributed by atoms with Gasteiger partial charge in [0.25, 0.3) is 5.82 Å². The Balaban J connectivity index is 2.54. The molecule has 0 bridgehead atoms. The number of benzene rings is 1. The summed E-state index contributed by atoms with van der Waals surface area (Å²) in [5.41, 5.74) is -0.317. The molecule has 0 aliphatic carbocycles. The van der Waals surface area contributed by atoms with E-state index in [1.807, 2.05) is 5.10 Å². The van der Waals surface area contributed by atoms with Crippen LogP contribution in [0.25, 0.3) is 0 Å². The Hall–Kier alpha value is -2.96. The van der Waals surface area contributed by atoms with Crippen LogP contribution in [0.3, 0.4) is 0 Å². The molecule has 1 heterocycles. The van der Waals surface area contributed by atoms with Crippen LogP contribution in [0, 0.1) is 14.9 Å². The molecule has 0 atom stereocenters. The van der Waals surface area contributed by atoms with Crippen molar-refractivity contribution < 1.29 is 27.6 Å². The summed E-state index contributed by atoms with van der Waals surface area (Å²) in [5.74, 6) is -1.42. The highest BCUT2D eigenvalue weighted by molar-refractivity contribution is 7.71. The highest BCUT2D eigenvalue weighted by Gasteiger charge is 2.37. The molecule has 0 amide bonds. The van der Waals surface area contributed by atoms with Crippen LogP contribution in [-0.2, 0) is 6.18 Å². The summed E-state index contributed by atoms with van der Waals surface area (Å²) < 4.78 is 49.2. The maximum absolute atomic E-state index is 12.9. The quantitative estimate of drug-likeness (QED) is 0.341. The van der Waals surface area contributed by atoms with E-state index < -0.39 is 22.6 Å². The first-order chi connectivity index (χ1) is 12.5. The summed E-state index contributed by atoms with van der Waals surface area (Å²) in [6.45, 7) is 3.36. The first kappa shape index (κ1) is 20.4. The first-order valence-electron chi connectivity index (χ1n) is 7.36. The molecule has 1 aromatic heterocycles. The fourth-order valence-electron chi connectivity index (χ4n) is 2.03. The zero-order chi connectivity index (χ0) is 20.4. The minimum Gasteiger partial charge on any atom is -0.493 e. The average molecular weight is 405 g/mol. The Morgan fingerprint density at radius 1 is 1.44 bits per heavy atom. The van der Waals surface area contributed by atoms with Crippen LogP contribution >= 0.6 is 12.2 Å². The summed E-state index contributed by atoms with van der Waals surface area (Å²) >= 11 is 4.72. The number of ether oxygens (including phenoxy) is 2. The molecule has 0 radical (unpaired) electrons. The van der Waals surface area contributed by atoms with Gasteiger partial charge in [-0.25, -0.2) is 5.10 Å². The van der Waals surface area contributed by atoms with Gasteiger partial charge in [0.05, 0.1) is 24.4 Å². The SMILES string of the molecule is COc1cc(/C=N\n2c(C(F)(F)F)n[nH]c2=S)cc([N+](=O)[O-])c1OC(C)C. The van der Waals surface area contributed by atoms with Crippen molar-refractivity contribution in [2.75, 3.05) is 7.11 Å². The lowest BCUT2D eigenvalue weighted by molar-refractivity contribution is -0.386. The number of H-pyrrole nitrogens is 1. The summed E-state index contributed by atoms with van der Waals surface area (Å²) in [6.07, 6.45) is -4.19. The van der Waals surface area contributed by atoms with Crippen LogP contribution in [0.2, 0.25) is 0 Å². The number of nitro groups is 1. The smallest absolute Gasteiger partial charge is 0.453 e. The number of nitrogens with one attached hydrogen (secondary N) is 1. The zero-order valence-corrected chi connectivity index (χ0v) is 15.1. The Bertz CT molecular complexity index is 936. The van der Waals surface area contributed by atoms with Gasteiger partial charge in [-0.15, -0.1) is 5.10 Å². The summed E-state index contributed by atoms with van der Waals surface area (Å²) in [5, 5.41) is 20.0. The Kier molecular flexibility index (Phi) is 5.83. The van der Waals surface area contributed by atoms with Crippen molar-refractivity contribution >= 4 is 24.1 Å². The number of alkyl halides is 3. The van der Waals surface area contributed by atoms with Gasteiger partial charge in [-0.1, -0.05) is 0 Å². The molecule has 27 heavy (non-hydrogen) atoms. The molecule has 0 spiro atoms. The molecule has 9 nitrogen and oxygen atoms in total. The van der Waals surface area contributed by atoms with E-state index in [2.05, 4.69) is 10.2 Å². The molecule has 0 saturated heterocycles. The molecule has 2 aromatic rings. The molecule has 1 aromatic carbocycles. The van der Waals surface area contributed by atoms with Crippen molar-refractivity contribution in [2.24, 2.45) is 5.10 Å². The molecular formula is C14H14F3N5O4S. The van der Waals surface area contributed by atoms with Crippen molar-refractivity contribution in [3.8, 4) is 11.5 Å². The topological polar surface area (TPSA) is 108 Å². The minimum absolute atomic E-state index is 0.0335. The normalized spacial score (nSPS) is 12.0. The second kappa shape index (κ2) is 7.73. The van der Waals surface area contributed by atoms with Crippen LogP contribution < -0.4 is 9.47 Å². The molecule has 0 saturated carbocycles. The molecule has 1 N–H and O–H groups in total. The zero-order valence-electron chi connectivity index (χ0n) is 14.3. The van der Waals surface area contributed by atoms with Gasteiger partial charge in [0, 0.05) is 11.6 Å². The molecule has 0 fully saturated rings.